The molecule has 0 saturated heterocycles. The first-order valence-electron chi connectivity index (χ1n) is 19.3. The second-order valence-electron chi connectivity index (χ2n) is 14.8. The van der Waals surface area contributed by atoms with Crippen LogP contribution in [0, 0.1) is 0 Å². The average Bonchev–Trinajstić information content (AvgIpc) is 3.81. The molecule has 0 saturated carbocycles. The first kappa shape index (κ1) is 32.3. The van der Waals surface area contributed by atoms with E-state index in [9.17, 15) is 0 Å². The van der Waals surface area contributed by atoms with Gasteiger partial charge in [-0.05, 0) is 87.0 Å². The Morgan fingerprint density at radius 1 is 0.404 bits per heavy atom. The summed E-state index contributed by atoms with van der Waals surface area (Å²) in [7, 11) is 0. The van der Waals surface area contributed by atoms with Crippen LogP contribution in [0.1, 0.15) is 22.3 Å². The number of aromatic nitrogens is 2. The molecule has 3 nitrogen and oxygen atoms in total. The molecule has 10 aromatic rings. The van der Waals surface area contributed by atoms with E-state index in [1.165, 1.54) is 48.6 Å². The zero-order chi connectivity index (χ0) is 37.5. The average molecular weight is 745 g/mol. The molecule has 1 unspecified atom stereocenters. The smallest absolute Gasteiger partial charge is 0.160 e. The molecule has 1 aliphatic heterocycles. The number of hydrogen-bond acceptors (Lipinski definition) is 4. The highest BCUT2D eigenvalue weighted by molar-refractivity contribution is 7.99. The van der Waals surface area contributed by atoms with Crippen LogP contribution in [0.3, 0.4) is 0 Å². The van der Waals surface area contributed by atoms with Crippen molar-refractivity contribution in [3.05, 3.63) is 216 Å². The molecule has 8 aromatic carbocycles. The van der Waals surface area contributed by atoms with Gasteiger partial charge in [-0.1, -0.05) is 163 Å². The van der Waals surface area contributed by atoms with Gasteiger partial charge in [0.1, 0.15) is 11.2 Å². The molecule has 0 fully saturated rings. The van der Waals surface area contributed by atoms with E-state index < -0.39 is 5.41 Å². The van der Waals surface area contributed by atoms with E-state index in [-0.39, 0.29) is 0 Å². The second kappa shape index (κ2) is 12.5. The lowest BCUT2D eigenvalue weighted by atomic mass is 9.67. The minimum Gasteiger partial charge on any atom is -0.456 e. The van der Waals surface area contributed by atoms with Gasteiger partial charge in [0.15, 0.2) is 5.82 Å². The fraction of sp³-hybridized carbons (Fsp3) is 0.0189. The Labute approximate surface area is 334 Å². The number of para-hydroxylation sites is 1. The molecule has 12 rings (SSSR count). The molecular weight excluding hydrogens is 713 g/mol. The highest BCUT2D eigenvalue weighted by atomic mass is 32.2. The van der Waals surface area contributed by atoms with Gasteiger partial charge in [-0.3, -0.25) is 0 Å². The molecule has 0 bridgehead atoms. The molecule has 2 aliphatic rings. The van der Waals surface area contributed by atoms with Crippen molar-refractivity contribution < 1.29 is 4.42 Å². The van der Waals surface area contributed by atoms with Gasteiger partial charge in [0.05, 0.1) is 16.8 Å². The molecule has 3 heterocycles. The van der Waals surface area contributed by atoms with Gasteiger partial charge >= 0.3 is 0 Å². The summed E-state index contributed by atoms with van der Waals surface area (Å²) in [5.74, 6) is 0.710. The molecule has 4 heteroatoms. The van der Waals surface area contributed by atoms with Crippen LogP contribution in [0.15, 0.2) is 208 Å². The van der Waals surface area contributed by atoms with Crippen LogP contribution in [0.4, 0.5) is 0 Å². The third kappa shape index (κ3) is 4.81. The summed E-state index contributed by atoms with van der Waals surface area (Å²) in [4.78, 5) is 12.7. The molecule has 0 amide bonds. The highest BCUT2D eigenvalue weighted by Crippen LogP contribution is 2.64. The predicted octanol–water partition coefficient (Wildman–Crippen LogP) is 13.9. The summed E-state index contributed by atoms with van der Waals surface area (Å²) in [6, 6.07) is 69.5. The Morgan fingerprint density at radius 2 is 1.05 bits per heavy atom. The number of benzene rings is 8. The number of rotatable bonds is 4. The van der Waals surface area contributed by atoms with E-state index in [0.717, 1.165) is 55.8 Å². The molecule has 57 heavy (non-hydrogen) atoms. The number of furan rings is 1. The van der Waals surface area contributed by atoms with Crippen molar-refractivity contribution in [2.75, 3.05) is 0 Å². The SMILES string of the molecule is c1ccc(-c2cc(-c3cccc(-c4ccc5c(c4)C4(c6ccccc6S5)c5ccccc5-c5c4ccc4oc6ccccc6c54)c3)nc(-c3ccccc3)n2)cc1. The summed E-state index contributed by atoms with van der Waals surface area (Å²) in [6.07, 6.45) is 0. The van der Waals surface area contributed by atoms with E-state index in [1.54, 1.807) is 0 Å². The maximum atomic E-state index is 6.48. The molecular formula is C53H32N2OS. The van der Waals surface area contributed by atoms with Gasteiger partial charge < -0.3 is 4.42 Å². The van der Waals surface area contributed by atoms with Crippen LogP contribution < -0.4 is 0 Å². The van der Waals surface area contributed by atoms with Crippen LogP contribution in [0.5, 0.6) is 0 Å². The van der Waals surface area contributed by atoms with Gasteiger partial charge in [0.2, 0.25) is 0 Å². The van der Waals surface area contributed by atoms with Crippen molar-refractivity contribution in [3.63, 3.8) is 0 Å². The van der Waals surface area contributed by atoms with Crippen LogP contribution in [0.25, 0.3) is 78.1 Å². The first-order valence-corrected chi connectivity index (χ1v) is 20.1. The zero-order valence-corrected chi connectivity index (χ0v) is 31.5. The summed E-state index contributed by atoms with van der Waals surface area (Å²) < 4.78 is 6.48. The van der Waals surface area contributed by atoms with Gasteiger partial charge in [0, 0.05) is 37.3 Å². The molecule has 1 aliphatic carbocycles. The summed E-state index contributed by atoms with van der Waals surface area (Å²) in [5, 5.41) is 2.33. The van der Waals surface area contributed by atoms with Crippen molar-refractivity contribution in [2.24, 2.45) is 0 Å². The monoisotopic (exact) mass is 744 g/mol. The lowest BCUT2D eigenvalue weighted by Crippen LogP contribution is -2.32. The molecule has 1 spiro atoms. The van der Waals surface area contributed by atoms with Crippen molar-refractivity contribution in [2.45, 2.75) is 15.2 Å². The Morgan fingerprint density at radius 3 is 1.91 bits per heavy atom. The van der Waals surface area contributed by atoms with Gasteiger partial charge in [-0.2, -0.15) is 0 Å². The maximum Gasteiger partial charge on any atom is 0.160 e. The van der Waals surface area contributed by atoms with Crippen molar-refractivity contribution in [1.29, 1.82) is 0 Å². The Kier molecular flexibility index (Phi) is 7.08. The Bertz CT molecular complexity index is 3170. The standard InChI is InChI=1S/C53H32N2OS/c1-3-14-33(15-4-1)44-32-45(55-52(54-44)34-16-5-2-6-17-34)37-19-13-18-35(30-37)36-26-29-49-43(31-36)53(41-23-10-12-25-48(41)57-49)40-22-9-7-20-38(40)50-42(53)27-28-47-51(50)39-21-8-11-24-46(39)56-47/h1-32H. The molecule has 2 aromatic heterocycles. The molecule has 1 atom stereocenters. The number of nitrogens with zero attached hydrogens (tertiary/aromatic N) is 2. The summed E-state index contributed by atoms with van der Waals surface area (Å²) >= 11 is 1.87. The number of hydrogen-bond donors (Lipinski definition) is 0. The van der Waals surface area contributed by atoms with E-state index >= 15 is 0 Å². The lowest BCUT2D eigenvalue weighted by Gasteiger charge is -2.40. The fourth-order valence-electron chi connectivity index (χ4n) is 9.31. The van der Waals surface area contributed by atoms with Gasteiger partial charge in [0.25, 0.3) is 0 Å². The minimum absolute atomic E-state index is 0.523. The van der Waals surface area contributed by atoms with Crippen molar-refractivity contribution in [3.8, 4) is 56.2 Å². The maximum absolute atomic E-state index is 6.48. The Balaban J connectivity index is 1.07. The van der Waals surface area contributed by atoms with Gasteiger partial charge in [-0.25, -0.2) is 9.97 Å². The van der Waals surface area contributed by atoms with Crippen LogP contribution in [-0.4, -0.2) is 9.97 Å². The van der Waals surface area contributed by atoms with E-state index in [0.29, 0.717) is 5.82 Å². The fourth-order valence-corrected chi connectivity index (χ4v) is 10.5. The predicted molar refractivity (Wildman–Crippen MR) is 232 cm³/mol. The molecule has 266 valence electrons. The van der Waals surface area contributed by atoms with E-state index in [4.69, 9.17) is 14.4 Å². The third-order valence-corrected chi connectivity index (χ3v) is 12.9. The third-order valence-electron chi connectivity index (χ3n) is 11.8. The highest BCUT2D eigenvalue weighted by Gasteiger charge is 2.51. The second-order valence-corrected chi connectivity index (χ2v) is 15.9. The molecule has 0 radical (unpaired) electrons. The van der Waals surface area contributed by atoms with E-state index in [1.807, 2.05) is 36.0 Å². The van der Waals surface area contributed by atoms with Crippen LogP contribution in [0.2, 0.25) is 0 Å². The quantitative estimate of drug-likeness (QED) is 0.180. The molecule has 0 N–H and O–H groups in total. The van der Waals surface area contributed by atoms with E-state index in [2.05, 4.69) is 170 Å². The zero-order valence-electron chi connectivity index (χ0n) is 30.7. The topological polar surface area (TPSA) is 38.9 Å². The Hall–Kier alpha value is -7.01. The minimum atomic E-state index is -0.523. The van der Waals surface area contributed by atoms with Crippen molar-refractivity contribution in [1.82, 2.24) is 9.97 Å². The van der Waals surface area contributed by atoms with Crippen molar-refractivity contribution >= 4 is 33.7 Å². The van der Waals surface area contributed by atoms with Crippen LogP contribution >= 0.6 is 11.8 Å². The normalized spacial score (nSPS) is 15.0. The number of fused-ring (bicyclic) bond motifs is 13. The van der Waals surface area contributed by atoms with Gasteiger partial charge in [-0.15, -0.1) is 0 Å². The first-order chi connectivity index (χ1) is 28.2. The summed E-state index contributed by atoms with van der Waals surface area (Å²) in [6.45, 7) is 0. The largest absolute Gasteiger partial charge is 0.456 e. The van der Waals surface area contributed by atoms with Crippen LogP contribution in [-0.2, 0) is 5.41 Å². The summed E-state index contributed by atoms with van der Waals surface area (Å²) in [5.41, 5.74) is 16.2. The lowest BCUT2D eigenvalue weighted by molar-refractivity contribution is 0.668.